The SMILES string of the molecule is Cc1ccnc(-c2cnn3c2CN(C(=O)Nc2ccc(F)c(Cl)c2)CC3)c1. The second kappa shape index (κ2) is 7.00. The van der Waals surface area contributed by atoms with Crippen LogP contribution in [-0.2, 0) is 13.1 Å². The molecule has 0 spiro atoms. The van der Waals surface area contributed by atoms with E-state index in [4.69, 9.17) is 11.6 Å². The first-order valence-electron chi connectivity index (χ1n) is 8.50. The third-order valence-electron chi connectivity index (χ3n) is 4.52. The van der Waals surface area contributed by atoms with Gasteiger partial charge in [0.05, 0.1) is 35.7 Å². The minimum absolute atomic E-state index is 0.0303. The van der Waals surface area contributed by atoms with Crippen LogP contribution in [-0.4, -0.2) is 32.2 Å². The molecule has 27 heavy (non-hydrogen) atoms. The number of rotatable bonds is 2. The predicted molar refractivity (Wildman–Crippen MR) is 101 cm³/mol. The highest BCUT2D eigenvalue weighted by atomic mass is 35.5. The van der Waals surface area contributed by atoms with Gasteiger partial charge in [-0.15, -0.1) is 0 Å². The minimum atomic E-state index is -0.521. The van der Waals surface area contributed by atoms with E-state index in [9.17, 15) is 9.18 Å². The molecule has 138 valence electrons. The van der Waals surface area contributed by atoms with E-state index in [1.54, 1.807) is 17.3 Å². The van der Waals surface area contributed by atoms with E-state index in [0.29, 0.717) is 25.3 Å². The Labute approximate surface area is 160 Å². The number of aryl methyl sites for hydroxylation is 1. The molecule has 1 aliphatic heterocycles. The topological polar surface area (TPSA) is 63.1 Å². The van der Waals surface area contributed by atoms with Crippen molar-refractivity contribution in [2.45, 2.75) is 20.0 Å². The van der Waals surface area contributed by atoms with Gasteiger partial charge in [-0.2, -0.15) is 5.10 Å². The summed E-state index contributed by atoms with van der Waals surface area (Å²) in [6.07, 6.45) is 3.55. The molecule has 6 nitrogen and oxygen atoms in total. The number of carbonyl (C=O) groups is 1. The standard InChI is InChI=1S/C19H17ClFN5O/c1-12-4-5-22-17(8-12)14-10-23-26-7-6-25(11-18(14)26)19(27)24-13-2-3-16(21)15(20)9-13/h2-5,8-10H,6-7,11H2,1H3,(H,24,27). The second-order valence-electron chi connectivity index (χ2n) is 6.43. The Morgan fingerprint density at radius 1 is 1.26 bits per heavy atom. The van der Waals surface area contributed by atoms with Crippen LogP contribution >= 0.6 is 11.6 Å². The van der Waals surface area contributed by atoms with Crippen LogP contribution in [0.4, 0.5) is 14.9 Å². The highest BCUT2D eigenvalue weighted by molar-refractivity contribution is 6.31. The fraction of sp³-hybridized carbons (Fsp3) is 0.211. The number of fused-ring (bicyclic) bond motifs is 1. The van der Waals surface area contributed by atoms with Crippen molar-refractivity contribution in [1.82, 2.24) is 19.7 Å². The van der Waals surface area contributed by atoms with Gasteiger partial charge in [0.15, 0.2) is 0 Å². The molecule has 8 heteroatoms. The number of carbonyl (C=O) groups excluding carboxylic acids is 1. The van der Waals surface area contributed by atoms with Crippen molar-refractivity contribution in [3.63, 3.8) is 0 Å². The van der Waals surface area contributed by atoms with Gasteiger partial charge in [0.1, 0.15) is 5.82 Å². The Kier molecular flexibility index (Phi) is 4.53. The summed E-state index contributed by atoms with van der Waals surface area (Å²) in [4.78, 5) is 18.7. The Bertz CT molecular complexity index is 1020. The lowest BCUT2D eigenvalue weighted by Crippen LogP contribution is -2.41. The van der Waals surface area contributed by atoms with Crippen LogP contribution in [0.3, 0.4) is 0 Å². The molecule has 0 unspecified atom stereocenters. The Balaban J connectivity index is 1.54. The van der Waals surface area contributed by atoms with Crippen molar-refractivity contribution in [2.75, 3.05) is 11.9 Å². The number of hydrogen-bond acceptors (Lipinski definition) is 3. The van der Waals surface area contributed by atoms with Crippen molar-refractivity contribution >= 4 is 23.3 Å². The number of anilines is 1. The normalized spacial score (nSPS) is 13.4. The molecule has 2 aromatic heterocycles. The first-order valence-corrected chi connectivity index (χ1v) is 8.88. The van der Waals surface area contributed by atoms with Crippen LogP contribution in [0, 0.1) is 12.7 Å². The van der Waals surface area contributed by atoms with Crippen LogP contribution in [0.2, 0.25) is 5.02 Å². The average molecular weight is 386 g/mol. The zero-order chi connectivity index (χ0) is 19.0. The molecule has 0 radical (unpaired) electrons. The van der Waals surface area contributed by atoms with Gasteiger partial charge in [-0.3, -0.25) is 9.67 Å². The van der Waals surface area contributed by atoms with Crippen molar-refractivity contribution in [1.29, 1.82) is 0 Å². The third kappa shape index (κ3) is 3.50. The number of aromatic nitrogens is 3. The van der Waals surface area contributed by atoms with Gasteiger partial charge in [-0.1, -0.05) is 11.6 Å². The highest BCUT2D eigenvalue weighted by Crippen LogP contribution is 2.26. The maximum atomic E-state index is 13.3. The maximum absolute atomic E-state index is 13.3. The maximum Gasteiger partial charge on any atom is 0.322 e. The number of hydrogen-bond donors (Lipinski definition) is 1. The third-order valence-corrected chi connectivity index (χ3v) is 4.81. The fourth-order valence-corrected chi connectivity index (χ4v) is 3.27. The molecule has 2 amide bonds. The zero-order valence-corrected chi connectivity index (χ0v) is 15.4. The number of benzene rings is 1. The summed E-state index contributed by atoms with van der Waals surface area (Å²) < 4.78 is 15.2. The quantitative estimate of drug-likeness (QED) is 0.722. The van der Waals surface area contributed by atoms with E-state index in [2.05, 4.69) is 15.4 Å². The largest absolute Gasteiger partial charge is 0.322 e. The van der Waals surface area contributed by atoms with Crippen molar-refractivity contribution in [3.05, 3.63) is 64.8 Å². The molecule has 3 heterocycles. The molecular weight excluding hydrogens is 369 g/mol. The molecule has 1 N–H and O–H groups in total. The van der Waals surface area contributed by atoms with Crippen LogP contribution in [0.1, 0.15) is 11.3 Å². The molecule has 3 aromatic rings. The van der Waals surface area contributed by atoms with Crippen LogP contribution < -0.4 is 5.32 Å². The van der Waals surface area contributed by atoms with E-state index >= 15 is 0 Å². The number of halogens is 2. The molecule has 0 saturated heterocycles. The first-order chi connectivity index (χ1) is 13.0. The Morgan fingerprint density at radius 3 is 2.89 bits per heavy atom. The molecule has 0 aliphatic carbocycles. The summed E-state index contributed by atoms with van der Waals surface area (Å²) in [5.74, 6) is -0.521. The van der Waals surface area contributed by atoms with Crippen molar-refractivity contribution in [3.8, 4) is 11.3 Å². The summed E-state index contributed by atoms with van der Waals surface area (Å²) in [5.41, 5.74) is 4.25. The van der Waals surface area contributed by atoms with E-state index in [0.717, 1.165) is 22.5 Å². The van der Waals surface area contributed by atoms with E-state index < -0.39 is 5.82 Å². The lowest BCUT2D eigenvalue weighted by Gasteiger charge is -2.28. The zero-order valence-electron chi connectivity index (χ0n) is 14.6. The molecule has 4 rings (SSSR count). The van der Waals surface area contributed by atoms with E-state index in [1.807, 2.05) is 23.7 Å². The summed E-state index contributed by atoms with van der Waals surface area (Å²) >= 11 is 5.78. The monoisotopic (exact) mass is 385 g/mol. The number of nitrogens with zero attached hydrogens (tertiary/aromatic N) is 4. The highest BCUT2D eigenvalue weighted by Gasteiger charge is 2.25. The average Bonchev–Trinajstić information content (AvgIpc) is 3.08. The van der Waals surface area contributed by atoms with Crippen LogP contribution in [0.25, 0.3) is 11.3 Å². The van der Waals surface area contributed by atoms with E-state index in [-0.39, 0.29) is 11.1 Å². The van der Waals surface area contributed by atoms with Crippen molar-refractivity contribution < 1.29 is 9.18 Å². The smallest absolute Gasteiger partial charge is 0.317 e. The Morgan fingerprint density at radius 2 is 2.11 bits per heavy atom. The summed E-state index contributed by atoms with van der Waals surface area (Å²) in [5, 5.41) is 7.15. The molecule has 0 bridgehead atoms. The number of urea groups is 1. The van der Waals surface area contributed by atoms with Gasteiger partial charge >= 0.3 is 6.03 Å². The molecule has 0 saturated carbocycles. The van der Waals surface area contributed by atoms with Gasteiger partial charge in [0, 0.05) is 24.0 Å². The van der Waals surface area contributed by atoms with Gasteiger partial charge in [0.2, 0.25) is 0 Å². The summed E-state index contributed by atoms with van der Waals surface area (Å²) in [7, 11) is 0. The number of amides is 2. The van der Waals surface area contributed by atoms with Crippen LogP contribution in [0.5, 0.6) is 0 Å². The van der Waals surface area contributed by atoms with Gasteiger partial charge in [0.25, 0.3) is 0 Å². The fourth-order valence-electron chi connectivity index (χ4n) is 3.09. The first kappa shape index (κ1) is 17.5. The molecule has 0 fully saturated rings. The second-order valence-corrected chi connectivity index (χ2v) is 6.83. The minimum Gasteiger partial charge on any atom is -0.317 e. The number of nitrogens with one attached hydrogen (secondary N) is 1. The lowest BCUT2D eigenvalue weighted by molar-refractivity contribution is 0.194. The summed E-state index contributed by atoms with van der Waals surface area (Å²) in [6, 6.07) is 7.77. The molecule has 1 aromatic carbocycles. The van der Waals surface area contributed by atoms with Crippen molar-refractivity contribution in [2.24, 2.45) is 0 Å². The van der Waals surface area contributed by atoms with E-state index in [1.165, 1.54) is 18.2 Å². The molecule has 1 aliphatic rings. The molecular formula is C19H17ClFN5O. The molecule has 0 atom stereocenters. The summed E-state index contributed by atoms with van der Waals surface area (Å²) in [6.45, 7) is 3.54. The predicted octanol–water partition coefficient (Wildman–Crippen LogP) is 4.09. The van der Waals surface area contributed by atoms with Gasteiger partial charge in [-0.25, -0.2) is 9.18 Å². The van der Waals surface area contributed by atoms with Gasteiger partial charge < -0.3 is 10.2 Å². The Hall–Kier alpha value is -2.93. The number of pyridine rings is 1. The lowest BCUT2D eigenvalue weighted by atomic mass is 10.1. The van der Waals surface area contributed by atoms with Gasteiger partial charge in [-0.05, 0) is 42.8 Å². The van der Waals surface area contributed by atoms with Crippen LogP contribution in [0.15, 0.2) is 42.7 Å².